The van der Waals surface area contributed by atoms with Gasteiger partial charge in [-0.25, -0.2) is 0 Å². The second kappa shape index (κ2) is 9.26. The van der Waals surface area contributed by atoms with Crippen LogP contribution in [0.15, 0.2) is 73.3 Å². The van der Waals surface area contributed by atoms with Gasteiger partial charge in [-0.1, -0.05) is 85.5 Å². The average molecular weight is 257 g/mol. The minimum absolute atomic E-state index is 0.578. The van der Waals surface area contributed by atoms with Crippen LogP contribution < -0.4 is 0 Å². The van der Waals surface area contributed by atoms with Gasteiger partial charge >= 0.3 is 0 Å². The zero-order chi connectivity index (χ0) is 13.1. The van der Waals surface area contributed by atoms with Crippen LogP contribution in [-0.4, -0.2) is 5.88 Å². The smallest absolute Gasteiger partial charge is 0.0407 e. The van der Waals surface area contributed by atoms with E-state index in [1.165, 1.54) is 11.1 Å². The van der Waals surface area contributed by atoms with E-state index in [1.54, 1.807) is 0 Å². The van der Waals surface area contributed by atoms with Gasteiger partial charge in [-0.15, -0.1) is 11.6 Å². The molecule has 92 valence electrons. The summed E-state index contributed by atoms with van der Waals surface area (Å²) < 4.78 is 0. The average Bonchev–Trinajstić information content (AvgIpc) is 2.48. The monoisotopic (exact) mass is 256 g/mol. The Hall–Kier alpha value is -1.79. The Balaban J connectivity index is 0.000000184. The molecule has 0 saturated heterocycles. The van der Waals surface area contributed by atoms with Gasteiger partial charge in [0.05, 0.1) is 0 Å². The van der Waals surface area contributed by atoms with Crippen LogP contribution in [0.5, 0.6) is 0 Å². The molecule has 0 aliphatic carbocycles. The van der Waals surface area contributed by atoms with Crippen LogP contribution >= 0.6 is 11.6 Å². The fourth-order valence-electron chi connectivity index (χ4n) is 1.33. The summed E-state index contributed by atoms with van der Waals surface area (Å²) in [5.74, 6) is 0.578. The molecule has 0 nitrogen and oxygen atoms in total. The maximum atomic E-state index is 5.46. The van der Waals surface area contributed by atoms with E-state index in [0.717, 1.165) is 0 Å². The normalized spacial score (nSPS) is 9.61. The molecule has 0 aliphatic heterocycles. The van der Waals surface area contributed by atoms with Crippen LogP contribution in [-0.2, 0) is 0 Å². The van der Waals surface area contributed by atoms with Crippen molar-refractivity contribution in [1.29, 1.82) is 0 Å². The molecule has 0 bridgehead atoms. The lowest BCUT2D eigenvalue weighted by molar-refractivity contribution is 1.65. The summed E-state index contributed by atoms with van der Waals surface area (Å²) in [6, 6.07) is 20.1. The summed E-state index contributed by atoms with van der Waals surface area (Å²) in [5.41, 5.74) is 2.37. The van der Waals surface area contributed by atoms with Crippen molar-refractivity contribution in [3.8, 4) is 0 Å². The Labute approximate surface area is 114 Å². The van der Waals surface area contributed by atoms with Gasteiger partial charge in [-0.05, 0) is 11.1 Å². The van der Waals surface area contributed by atoms with E-state index in [9.17, 15) is 0 Å². The third-order valence-corrected chi connectivity index (χ3v) is 2.41. The van der Waals surface area contributed by atoms with Crippen molar-refractivity contribution in [3.05, 3.63) is 84.4 Å². The lowest BCUT2D eigenvalue weighted by atomic mass is 10.2. The molecule has 18 heavy (non-hydrogen) atoms. The molecule has 0 aromatic heterocycles. The molecule has 1 heteroatoms. The number of benzene rings is 2. The fourth-order valence-corrected chi connectivity index (χ4v) is 1.42. The fraction of sp³-hybridized carbons (Fsp3) is 0.0588. The molecule has 0 heterocycles. The summed E-state index contributed by atoms with van der Waals surface area (Å²) >= 11 is 5.46. The molecule has 2 aromatic carbocycles. The Morgan fingerprint density at radius 2 is 1.33 bits per heavy atom. The number of hydrogen-bond acceptors (Lipinski definition) is 0. The first-order valence-electron chi connectivity index (χ1n) is 5.82. The predicted molar refractivity (Wildman–Crippen MR) is 82.7 cm³/mol. The molecule has 0 N–H and O–H groups in total. The van der Waals surface area contributed by atoms with Gasteiger partial charge in [-0.2, -0.15) is 0 Å². The van der Waals surface area contributed by atoms with E-state index in [4.69, 9.17) is 11.6 Å². The van der Waals surface area contributed by atoms with Gasteiger partial charge in [0.2, 0.25) is 0 Å². The minimum atomic E-state index is 0.578. The maximum Gasteiger partial charge on any atom is 0.0407 e. The maximum absolute atomic E-state index is 5.46. The lowest BCUT2D eigenvalue weighted by Crippen LogP contribution is -1.67. The third kappa shape index (κ3) is 6.07. The van der Waals surface area contributed by atoms with Gasteiger partial charge in [0.1, 0.15) is 0 Å². The van der Waals surface area contributed by atoms with Crippen molar-refractivity contribution >= 4 is 23.8 Å². The zero-order valence-corrected chi connectivity index (χ0v) is 11.1. The van der Waals surface area contributed by atoms with E-state index in [0.29, 0.717) is 5.88 Å². The summed E-state index contributed by atoms with van der Waals surface area (Å²) in [4.78, 5) is 0. The Morgan fingerprint density at radius 1 is 0.833 bits per heavy atom. The van der Waals surface area contributed by atoms with Crippen molar-refractivity contribution in [2.24, 2.45) is 0 Å². The molecule has 0 unspecified atom stereocenters. The Bertz CT molecular complexity index is 457. The van der Waals surface area contributed by atoms with Gasteiger partial charge in [0.15, 0.2) is 0 Å². The highest BCUT2D eigenvalue weighted by Gasteiger charge is 1.79. The molecule has 0 aliphatic rings. The molecule has 2 rings (SSSR count). The van der Waals surface area contributed by atoms with Gasteiger partial charge in [0, 0.05) is 5.88 Å². The van der Waals surface area contributed by atoms with Gasteiger partial charge in [-0.3, -0.25) is 0 Å². The molecule has 0 saturated carbocycles. The van der Waals surface area contributed by atoms with E-state index in [-0.39, 0.29) is 0 Å². The summed E-state index contributed by atoms with van der Waals surface area (Å²) in [6.07, 6.45) is 5.77. The Kier molecular flexibility index (Phi) is 7.34. The van der Waals surface area contributed by atoms with Crippen LogP contribution in [0, 0.1) is 0 Å². The van der Waals surface area contributed by atoms with Crippen molar-refractivity contribution in [1.82, 2.24) is 0 Å². The van der Waals surface area contributed by atoms with Crippen LogP contribution in [0.3, 0.4) is 0 Å². The van der Waals surface area contributed by atoms with Crippen LogP contribution in [0.4, 0.5) is 0 Å². The summed E-state index contributed by atoms with van der Waals surface area (Å²) in [7, 11) is 0. The highest BCUT2D eigenvalue weighted by Crippen LogP contribution is 2.00. The molecule has 0 spiro atoms. The number of hydrogen-bond donors (Lipinski definition) is 0. The highest BCUT2D eigenvalue weighted by molar-refractivity contribution is 6.19. The summed E-state index contributed by atoms with van der Waals surface area (Å²) in [6.45, 7) is 3.63. The Morgan fingerprint density at radius 3 is 1.72 bits per heavy atom. The van der Waals surface area contributed by atoms with Crippen LogP contribution in [0.2, 0.25) is 0 Å². The quantitative estimate of drug-likeness (QED) is 0.657. The second-order valence-corrected chi connectivity index (χ2v) is 3.89. The van der Waals surface area contributed by atoms with Crippen LogP contribution in [0.25, 0.3) is 12.2 Å². The van der Waals surface area contributed by atoms with Crippen molar-refractivity contribution in [3.63, 3.8) is 0 Å². The largest absolute Gasteiger partial charge is 0.122 e. The molecular weight excluding hydrogens is 240 g/mol. The second-order valence-electron chi connectivity index (χ2n) is 3.58. The third-order valence-electron chi connectivity index (χ3n) is 2.23. The molecule has 0 radical (unpaired) electrons. The lowest BCUT2D eigenvalue weighted by Gasteiger charge is -1.87. The van der Waals surface area contributed by atoms with E-state index in [1.807, 2.05) is 78.9 Å². The molecule has 0 fully saturated rings. The first-order chi connectivity index (χ1) is 8.86. The molecule has 0 atom stereocenters. The number of alkyl halides is 1. The first kappa shape index (κ1) is 14.3. The SMILES string of the molecule is C=Cc1ccccc1.ClCC=Cc1ccccc1. The zero-order valence-electron chi connectivity index (χ0n) is 10.3. The molecular formula is C17H17Cl. The van der Waals surface area contributed by atoms with Crippen LogP contribution in [0.1, 0.15) is 11.1 Å². The van der Waals surface area contributed by atoms with Crippen molar-refractivity contribution in [2.45, 2.75) is 0 Å². The van der Waals surface area contributed by atoms with E-state index in [2.05, 4.69) is 6.58 Å². The minimum Gasteiger partial charge on any atom is -0.122 e. The topological polar surface area (TPSA) is 0 Å². The molecule has 0 amide bonds. The van der Waals surface area contributed by atoms with Gasteiger partial charge in [0.25, 0.3) is 0 Å². The van der Waals surface area contributed by atoms with Crippen molar-refractivity contribution < 1.29 is 0 Å². The first-order valence-corrected chi connectivity index (χ1v) is 6.35. The number of rotatable bonds is 3. The van der Waals surface area contributed by atoms with Gasteiger partial charge < -0.3 is 0 Å². The number of allylic oxidation sites excluding steroid dienone is 1. The molecule has 2 aromatic rings. The standard InChI is InChI=1S/C9H9Cl.C8H8/c10-8-4-7-9-5-2-1-3-6-9;1-2-8-6-4-3-5-7-8/h1-7H,8H2;2-7H,1H2. The summed E-state index contributed by atoms with van der Waals surface area (Å²) in [5, 5.41) is 0. The van der Waals surface area contributed by atoms with Crippen molar-refractivity contribution in [2.75, 3.05) is 5.88 Å². The van der Waals surface area contributed by atoms with E-state index < -0.39 is 0 Å². The predicted octanol–water partition coefficient (Wildman–Crippen LogP) is 5.27. The highest BCUT2D eigenvalue weighted by atomic mass is 35.5. The van der Waals surface area contributed by atoms with E-state index >= 15 is 0 Å². The number of halogens is 1.